The van der Waals surface area contributed by atoms with E-state index in [1.807, 2.05) is 18.2 Å². The van der Waals surface area contributed by atoms with E-state index < -0.39 is 0 Å². The lowest BCUT2D eigenvalue weighted by molar-refractivity contribution is 0.0954. The molecule has 0 saturated carbocycles. The first-order valence-corrected chi connectivity index (χ1v) is 9.34. The molecule has 0 fully saturated rings. The van der Waals surface area contributed by atoms with Gasteiger partial charge < -0.3 is 16.0 Å². The number of guanidine groups is 1. The molecule has 138 valence electrons. The zero-order valence-electron chi connectivity index (χ0n) is 14.4. The molecule has 0 aliphatic heterocycles. The number of aliphatic imine (C=N–C) groups is 1. The second-order valence-electron chi connectivity index (χ2n) is 5.43. The van der Waals surface area contributed by atoms with E-state index >= 15 is 0 Å². The second kappa shape index (κ2) is 10.8. The Hall–Kier alpha value is -2.12. The Kier molecular flexibility index (Phi) is 8.37. The Morgan fingerprint density at radius 2 is 1.92 bits per heavy atom. The standard InChI is InChI=1S/C18H21BrClN5O/c1-21-18(23-8-7-13-5-6-16(20)25-12-13)24-10-9-22-17(26)14-3-2-4-15(19)11-14/h2-6,11-12H,7-10H2,1H3,(H,22,26)(H2,21,23,24). The maximum atomic E-state index is 12.0. The molecule has 6 nitrogen and oxygen atoms in total. The highest BCUT2D eigenvalue weighted by atomic mass is 79.9. The average Bonchev–Trinajstić information content (AvgIpc) is 2.65. The Bertz CT molecular complexity index is 752. The highest BCUT2D eigenvalue weighted by Crippen LogP contribution is 2.11. The summed E-state index contributed by atoms with van der Waals surface area (Å²) in [6.45, 7) is 1.78. The van der Waals surface area contributed by atoms with Crippen molar-refractivity contribution in [1.82, 2.24) is 20.9 Å². The normalized spacial score (nSPS) is 11.1. The fourth-order valence-corrected chi connectivity index (χ4v) is 2.70. The van der Waals surface area contributed by atoms with Gasteiger partial charge in [0.15, 0.2) is 5.96 Å². The number of carbonyl (C=O) groups excluding carboxylic acids is 1. The topological polar surface area (TPSA) is 78.4 Å². The van der Waals surface area contributed by atoms with Crippen LogP contribution in [0.25, 0.3) is 0 Å². The average molecular weight is 439 g/mol. The maximum absolute atomic E-state index is 12.0. The summed E-state index contributed by atoms with van der Waals surface area (Å²) >= 11 is 9.13. The van der Waals surface area contributed by atoms with E-state index in [-0.39, 0.29) is 5.91 Å². The predicted molar refractivity (Wildman–Crippen MR) is 109 cm³/mol. The van der Waals surface area contributed by atoms with Crippen LogP contribution in [0.3, 0.4) is 0 Å². The summed E-state index contributed by atoms with van der Waals surface area (Å²) in [4.78, 5) is 20.3. The number of amides is 1. The molecule has 0 aliphatic rings. The first-order valence-electron chi connectivity index (χ1n) is 8.17. The molecule has 1 amide bonds. The number of rotatable bonds is 7. The number of benzene rings is 1. The van der Waals surface area contributed by atoms with Crippen LogP contribution < -0.4 is 16.0 Å². The fourth-order valence-electron chi connectivity index (χ4n) is 2.19. The molecule has 1 heterocycles. The number of nitrogens with zero attached hydrogens (tertiary/aromatic N) is 2. The van der Waals surface area contributed by atoms with Crippen LogP contribution in [0, 0.1) is 0 Å². The summed E-state index contributed by atoms with van der Waals surface area (Å²) in [5.74, 6) is 0.579. The molecule has 0 atom stereocenters. The second-order valence-corrected chi connectivity index (χ2v) is 6.73. The summed E-state index contributed by atoms with van der Waals surface area (Å²) in [5, 5.41) is 9.74. The molecule has 1 aromatic heterocycles. The molecule has 26 heavy (non-hydrogen) atoms. The number of nitrogens with one attached hydrogen (secondary N) is 3. The molecule has 8 heteroatoms. The van der Waals surface area contributed by atoms with Crippen LogP contribution in [0.15, 0.2) is 52.1 Å². The Labute approximate surface area is 166 Å². The van der Waals surface area contributed by atoms with Gasteiger partial charge in [0.25, 0.3) is 5.91 Å². The van der Waals surface area contributed by atoms with E-state index in [4.69, 9.17) is 11.6 Å². The molecule has 2 aromatic rings. The molecule has 0 saturated heterocycles. The van der Waals surface area contributed by atoms with Gasteiger partial charge in [-0.2, -0.15) is 0 Å². The van der Waals surface area contributed by atoms with E-state index in [0.717, 1.165) is 16.5 Å². The Morgan fingerprint density at radius 1 is 1.15 bits per heavy atom. The maximum Gasteiger partial charge on any atom is 0.251 e. The minimum absolute atomic E-state index is 0.105. The molecule has 0 bridgehead atoms. The van der Waals surface area contributed by atoms with Crippen LogP contribution in [0.4, 0.5) is 0 Å². The van der Waals surface area contributed by atoms with Crippen molar-refractivity contribution in [3.05, 3.63) is 63.3 Å². The highest BCUT2D eigenvalue weighted by Gasteiger charge is 2.05. The van der Waals surface area contributed by atoms with E-state index in [1.54, 1.807) is 31.4 Å². The number of hydrogen-bond donors (Lipinski definition) is 3. The van der Waals surface area contributed by atoms with Gasteiger partial charge in [-0.3, -0.25) is 9.79 Å². The highest BCUT2D eigenvalue weighted by molar-refractivity contribution is 9.10. The van der Waals surface area contributed by atoms with Crippen LogP contribution in [-0.2, 0) is 6.42 Å². The quantitative estimate of drug-likeness (QED) is 0.269. The molecule has 1 aromatic carbocycles. The van der Waals surface area contributed by atoms with Crippen molar-refractivity contribution in [3.63, 3.8) is 0 Å². The SMILES string of the molecule is CN=C(NCCNC(=O)c1cccc(Br)c1)NCCc1ccc(Cl)nc1. The summed E-state index contributed by atoms with van der Waals surface area (Å²) in [6.07, 6.45) is 2.57. The molecular weight excluding hydrogens is 418 g/mol. The molecule has 0 radical (unpaired) electrons. The van der Waals surface area contributed by atoms with Gasteiger partial charge in [0, 0.05) is 42.9 Å². The van der Waals surface area contributed by atoms with E-state index in [9.17, 15) is 4.79 Å². The van der Waals surface area contributed by atoms with Gasteiger partial charge in [0.2, 0.25) is 0 Å². The van der Waals surface area contributed by atoms with Gasteiger partial charge in [-0.15, -0.1) is 0 Å². The van der Waals surface area contributed by atoms with Crippen molar-refractivity contribution in [2.24, 2.45) is 4.99 Å². The van der Waals surface area contributed by atoms with Crippen LogP contribution >= 0.6 is 27.5 Å². The Balaban J connectivity index is 1.65. The number of carbonyl (C=O) groups is 1. The number of hydrogen-bond acceptors (Lipinski definition) is 3. The number of pyridine rings is 1. The minimum Gasteiger partial charge on any atom is -0.356 e. The van der Waals surface area contributed by atoms with Crippen LogP contribution in [0.5, 0.6) is 0 Å². The summed E-state index contributed by atoms with van der Waals surface area (Å²) in [6, 6.07) is 11.0. The zero-order valence-corrected chi connectivity index (χ0v) is 16.8. The van der Waals surface area contributed by atoms with E-state index in [0.29, 0.717) is 36.3 Å². The van der Waals surface area contributed by atoms with Crippen molar-refractivity contribution in [2.45, 2.75) is 6.42 Å². The van der Waals surface area contributed by atoms with Crippen molar-refractivity contribution < 1.29 is 4.79 Å². The molecule has 3 N–H and O–H groups in total. The lowest BCUT2D eigenvalue weighted by Crippen LogP contribution is -2.42. The van der Waals surface area contributed by atoms with Gasteiger partial charge in [-0.05, 0) is 36.2 Å². The zero-order chi connectivity index (χ0) is 18.8. The Morgan fingerprint density at radius 3 is 2.62 bits per heavy atom. The fraction of sp³-hybridized carbons (Fsp3) is 0.278. The summed E-state index contributed by atoms with van der Waals surface area (Å²) in [7, 11) is 1.71. The van der Waals surface area contributed by atoms with Crippen molar-refractivity contribution in [2.75, 3.05) is 26.7 Å². The first kappa shape index (κ1) is 20.2. The van der Waals surface area contributed by atoms with Gasteiger partial charge in [-0.25, -0.2) is 4.98 Å². The lowest BCUT2D eigenvalue weighted by Gasteiger charge is -2.12. The monoisotopic (exact) mass is 437 g/mol. The summed E-state index contributed by atoms with van der Waals surface area (Å²) < 4.78 is 0.878. The number of aromatic nitrogens is 1. The molecular formula is C18H21BrClN5O. The molecule has 0 unspecified atom stereocenters. The van der Waals surface area contributed by atoms with E-state index in [2.05, 4.69) is 41.9 Å². The van der Waals surface area contributed by atoms with E-state index in [1.165, 1.54) is 0 Å². The van der Waals surface area contributed by atoms with Crippen molar-refractivity contribution in [1.29, 1.82) is 0 Å². The molecule has 2 rings (SSSR count). The van der Waals surface area contributed by atoms with Gasteiger partial charge in [0.05, 0.1) is 0 Å². The smallest absolute Gasteiger partial charge is 0.251 e. The summed E-state index contributed by atoms with van der Waals surface area (Å²) in [5.41, 5.74) is 1.72. The lowest BCUT2D eigenvalue weighted by atomic mass is 10.2. The number of halogens is 2. The third kappa shape index (κ3) is 7.01. The van der Waals surface area contributed by atoms with Gasteiger partial charge in [0.1, 0.15) is 5.15 Å². The van der Waals surface area contributed by atoms with Crippen LogP contribution in [0.2, 0.25) is 5.15 Å². The molecule has 0 spiro atoms. The third-order valence-electron chi connectivity index (χ3n) is 3.51. The third-order valence-corrected chi connectivity index (χ3v) is 4.23. The van der Waals surface area contributed by atoms with Crippen molar-refractivity contribution in [3.8, 4) is 0 Å². The van der Waals surface area contributed by atoms with Crippen molar-refractivity contribution >= 4 is 39.4 Å². The molecule has 0 aliphatic carbocycles. The predicted octanol–water partition coefficient (Wildman–Crippen LogP) is 2.63. The van der Waals surface area contributed by atoms with Gasteiger partial charge in [-0.1, -0.05) is 39.7 Å². The minimum atomic E-state index is -0.105. The van der Waals surface area contributed by atoms with Crippen LogP contribution in [0.1, 0.15) is 15.9 Å². The van der Waals surface area contributed by atoms with Gasteiger partial charge >= 0.3 is 0 Å². The largest absolute Gasteiger partial charge is 0.356 e. The van der Waals surface area contributed by atoms with Crippen LogP contribution in [-0.4, -0.2) is 43.5 Å². The first-order chi connectivity index (χ1) is 12.6.